The van der Waals surface area contributed by atoms with Crippen LogP contribution in [0.15, 0.2) is 0 Å². The first-order valence-corrected chi connectivity index (χ1v) is 9.35. The summed E-state index contributed by atoms with van der Waals surface area (Å²) in [4.78, 5) is 2.27. The molecule has 130 valence electrons. The van der Waals surface area contributed by atoms with Crippen LogP contribution in [0.5, 0.6) is 0 Å². The number of hydrogen-bond donors (Lipinski definition) is 1. The fourth-order valence-corrected chi connectivity index (χ4v) is 3.84. The highest BCUT2D eigenvalue weighted by Crippen LogP contribution is 2.30. The van der Waals surface area contributed by atoms with Crippen molar-refractivity contribution in [3.05, 3.63) is 0 Å². The molecule has 1 aliphatic heterocycles. The van der Waals surface area contributed by atoms with Gasteiger partial charge in [0, 0.05) is 37.0 Å². The molecule has 1 fully saturated rings. The summed E-state index contributed by atoms with van der Waals surface area (Å²) < 4.78 is 6.24. The van der Waals surface area contributed by atoms with E-state index in [1.807, 2.05) is 0 Å². The summed E-state index contributed by atoms with van der Waals surface area (Å²) >= 11 is 5.62. The number of thiocarbonyl (C=S) groups is 1. The van der Waals surface area contributed by atoms with Crippen LogP contribution < -0.4 is 5.32 Å². The van der Waals surface area contributed by atoms with Gasteiger partial charge in [0.05, 0.1) is 0 Å². The van der Waals surface area contributed by atoms with Crippen LogP contribution >= 0.6 is 12.2 Å². The third-order valence-electron chi connectivity index (χ3n) is 4.24. The van der Waals surface area contributed by atoms with Crippen LogP contribution in [-0.2, 0) is 4.74 Å². The molecule has 3 nitrogen and oxygen atoms in total. The number of hydrogen-bond acceptors (Lipinski definition) is 3. The maximum Gasteiger partial charge on any atom is 0.259 e. The van der Waals surface area contributed by atoms with Crippen LogP contribution in [0.4, 0.5) is 0 Å². The largest absolute Gasteiger partial charge is 0.467 e. The Labute approximate surface area is 143 Å². The number of ether oxygens (including phenoxy) is 1. The Hall–Kier alpha value is -0.350. The van der Waals surface area contributed by atoms with E-state index in [1.165, 1.54) is 25.7 Å². The molecule has 4 heteroatoms. The second kappa shape index (κ2) is 8.49. The van der Waals surface area contributed by atoms with E-state index in [0.717, 1.165) is 25.9 Å². The molecular formula is C18H36N2OS. The third-order valence-corrected chi connectivity index (χ3v) is 4.60. The van der Waals surface area contributed by atoms with Crippen LogP contribution in [0.3, 0.4) is 0 Å². The Morgan fingerprint density at radius 3 is 1.91 bits per heavy atom. The second-order valence-electron chi connectivity index (χ2n) is 8.00. The minimum atomic E-state index is 0.0969. The zero-order chi connectivity index (χ0) is 16.8. The normalized spacial score (nSPS) is 20.6. The molecule has 0 aromatic carbocycles. The number of piperidine rings is 1. The smallest absolute Gasteiger partial charge is 0.259 e. The number of unbranched alkanes of at least 4 members (excludes halogenated alkanes) is 2. The van der Waals surface area contributed by atoms with Crippen molar-refractivity contribution in [2.75, 3.05) is 13.1 Å². The van der Waals surface area contributed by atoms with Crippen LogP contribution in [0.2, 0.25) is 0 Å². The molecule has 0 atom stereocenters. The molecule has 0 bridgehead atoms. The molecule has 1 rings (SSSR count). The molecule has 1 heterocycles. The molecule has 1 N–H and O–H groups in total. The molecule has 0 amide bonds. The fourth-order valence-electron chi connectivity index (χ4n) is 3.52. The van der Waals surface area contributed by atoms with Gasteiger partial charge in [0.15, 0.2) is 0 Å². The summed E-state index contributed by atoms with van der Waals surface area (Å²) in [5, 5.41) is 4.40. The van der Waals surface area contributed by atoms with E-state index in [9.17, 15) is 0 Å². The van der Waals surface area contributed by atoms with Crippen LogP contribution in [0, 0.1) is 0 Å². The Balaban J connectivity index is 2.62. The lowest BCUT2D eigenvalue weighted by atomic mass is 9.81. The van der Waals surface area contributed by atoms with Crippen LogP contribution in [0.25, 0.3) is 0 Å². The summed E-state index contributed by atoms with van der Waals surface area (Å²) in [5.74, 6) is 0. The Morgan fingerprint density at radius 2 is 1.50 bits per heavy atom. The average molecular weight is 329 g/mol. The first kappa shape index (κ1) is 19.7. The predicted molar refractivity (Wildman–Crippen MR) is 99.4 cm³/mol. The van der Waals surface area contributed by atoms with Crippen molar-refractivity contribution in [2.24, 2.45) is 0 Å². The van der Waals surface area contributed by atoms with E-state index in [0.29, 0.717) is 5.17 Å². The lowest BCUT2D eigenvalue weighted by Crippen LogP contribution is -2.60. The lowest BCUT2D eigenvalue weighted by Gasteiger charge is -2.46. The van der Waals surface area contributed by atoms with E-state index in [-0.39, 0.29) is 17.2 Å². The van der Waals surface area contributed by atoms with Crippen molar-refractivity contribution in [1.29, 1.82) is 0 Å². The van der Waals surface area contributed by atoms with Gasteiger partial charge in [-0.1, -0.05) is 26.7 Å². The molecule has 1 saturated heterocycles. The van der Waals surface area contributed by atoms with Crippen LogP contribution in [0.1, 0.15) is 80.1 Å². The third kappa shape index (κ3) is 6.82. The lowest BCUT2D eigenvalue weighted by molar-refractivity contribution is 0.0388. The Bertz CT molecular complexity index is 331. The molecule has 0 radical (unpaired) electrons. The van der Waals surface area contributed by atoms with Gasteiger partial charge in [-0.3, -0.25) is 0 Å². The van der Waals surface area contributed by atoms with E-state index in [1.54, 1.807) is 0 Å². The first-order chi connectivity index (χ1) is 10.2. The van der Waals surface area contributed by atoms with Crippen LogP contribution in [-0.4, -0.2) is 40.3 Å². The van der Waals surface area contributed by atoms with Gasteiger partial charge in [-0.2, -0.15) is 0 Å². The van der Waals surface area contributed by atoms with Gasteiger partial charge in [-0.05, 0) is 52.8 Å². The maximum absolute atomic E-state index is 6.24. The van der Waals surface area contributed by atoms with Crippen molar-refractivity contribution in [3.8, 4) is 0 Å². The first-order valence-electron chi connectivity index (χ1n) is 8.94. The molecular weight excluding hydrogens is 292 g/mol. The van der Waals surface area contributed by atoms with Crippen molar-refractivity contribution >= 4 is 17.4 Å². The molecule has 0 aromatic rings. The van der Waals surface area contributed by atoms with Crippen molar-refractivity contribution in [3.63, 3.8) is 0 Å². The van der Waals surface area contributed by atoms with E-state index >= 15 is 0 Å². The zero-order valence-electron chi connectivity index (χ0n) is 15.5. The zero-order valence-corrected chi connectivity index (χ0v) is 16.3. The van der Waals surface area contributed by atoms with Gasteiger partial charge < -0.3 is 15.0 Å². The highest BCUT2D eigenvalue weighted by Gasteiger charge is 2.39. The topological polar surface area (TPSA) is 24.5 Å². The number of rotatable bonds is 7. The van der Waals surface area contributed by atoms with Gasteiger partial charge in [0.1, 0.15) is 6.10 Å². The SMILES string of the molecule is CCCCN(CCCC)C(=S)OC1CC(C)(C)NC(C)(C)C1. The molecule has 22 heavy (non-hydrogen) atoms. The van der Waals surface area contributed by atoms with Gasteiger partial charge >= 0.3 is 0 Å². The summed E-state index contributed by atoms with van der Waals surface area (Å²) in [5.41, 5.74) is 0.194. The Kier molecular flexibility index (Phi) is 7.60. The molecule has 0 aromatic heterocycles. The van der Waals surface area contributed by atoms with Crippen molar-refractivity contribution in [2.45, 2.75) is 97.2 Å². The minimum absolute atomic E-state index is 0.0969. The standard InChI is InChI=1S/C18H36N2OS/c1-7-9-11-20(12-10-8-2)16(22)21-15-13-17(3,4)19-18(5,6)14-15/h15,19H,7-14H2,1-6H3. The fraction of sp³-hybridized carbons (Fsp3) is 0.944. The van der Waals surface area contributed by atoms with E-state index in [2.05, 4.69) is 51.8 Å². The quantitative estimate of drug-likeness (QED) is 0.696. The summed E-state index contributed by atoms with van der Waals surface area (Å²) in [7, 11) is 0. The summed E-state index contributed by atoms with van der Waals surface area (Å²) in [6.07, 6.45) is 6.96. The summed E-state index contributed by atoms with van der Waals surface area (Å²) in [6, 6.07) is 0. The highest BCUT2D eigenvalue weighted by molar-refractivity contribution is 7.80. The highest BCUT2D eigenvalue weighted by atomic mass is 32.1. The molecule has 0 spiro atoms. The molecule has 0 aliphatic carbocycles. The second-order valence-corrected chi connectivity index (χ2v) is 8.35. The summed E-state index contributed by atoms with van der Waals surface area (Å²) in [6.45, 7) is 15.5. The minimum Gasteiger partial charge on any atom is -0.467 e. The number of nitrogens with one attached hydrogen (secondary N) is 1. The van der Waals surface area contributed by atoms with Gasteiger partial charge in [-0.25, -0.2) is 0 Å². The van der Waals surface area contributed by atoms with Crippen molar-refractivity contribution in [1.82, 2.24) is 10.2 Å². The molecule has 0 saturated carbocycles. The molecule has 1 aliphatic rings. The number of nitrogens with zero attached hydrogens (tertiary/aromatic N) is 1. The molecule has 0 unspecified atom stereocenters. The van der Waals surface area contributed by atoms with E-state index in [4.69, 9.17) is 17.0 Å². The van der Waals surface area contributed by atoms with Crippen molar-refractivity contribution < 1.29 is 4.74 Å². The monoisotopic (exact) mass is 328 g/mol. The maximum atomic E-state index is 6.24. The van der Waals surface area contributed by atoms with E-state index < -0.39 is 0 Å². The van der Waals surface area contributed by atoms with Gasteiger partial charge in [-0.15, -0.1) is 0 Å². The average Bonchev–Trinajstić information content (AvgIpc) is 2.34. The predicted octanol–water partition coefficient (Wildman–Crippen LogP) is 4.50. The Morgan fingerprint density at radius 1 is 1.05 bits per heavy atom. The van der Waals surface area contributed by atoms with Gasteiger partial charge in [0.25, 0.3) is 5.17 Å². The van der Waals surface area contributed by atoms with Gasteiger partial charge in [0.2, 0.25) is 0 Å².